The van der Waals surface area contributed by atoms with Crippen LogP contribution in [0.25, 0.3) is 22.6 Å². The molecule has 1 heterocycles. The van der Waals surface area contributed by atoms with Crippen LogP contribution in [0.2, 0.25) is 0 Å². The van der Waals surface area contributed by atoms with Crippen LogP contribution >= 0.6 is 31.9 Å². The fourth-order valence-electron chi connectivity index (χ4n) is 1.98. The molecular formula is C15H11Br2NO2. The molecule has 102 valence electrons. The van der Waals surface area contributed by atoms with Gasteiger partial charge in [0.1, 0.15) is 11.3 Å². The van der Waals surface area contributed by atoms with Crippen LogP contribution in [0.3, 0.4) is 0 Å². The second kappa shape index (κ2) is 5.58. The number of aromatic nitrogens is 1. The van der Waals surface area contributed by atoms with Gasteiger partial charge < -0.3 is 9.15 Å². The fraction of sp³-hybridized carbons (Fsp3) is 0.133. The van der Waals surface area contributed by atoms with Gasteiger partial charge in [0.2, 0.25) is 5.89 Å². The van der Waals surface area contributed by atoms with Crippen LogP contribution in [0, 0.1) is 0 Å². The van der Waals surface area contributed by atoms with Gasteiger partial charge in [0.25, 0.3) is 0 Å². The average molecular weight is 397 g/mol. The Balaban J connectivity index is 2.07. The fourth-order valence-corrected chi connectivity index (χ4v) is 2.87. The quantitative estimate of drug-likeness (QED) is 0.573. The van der Waals surface area contributed by atoms with Crippen molar-refractivity contribution in [2.45, 2.75) is 5.33 Å². The second-order valence-electron chi connectivity index (χ2n) is 4.30. The Labute approximate surface area is 133 Å². The normalized spacial score (nSPS) is 10.9. The van der Waals surface area contributed by atoms with Crippen molar-refractivity contribution in [3.05, 3.63) is 46.4 Å². The van der Waals surface area contributed by atoms with E-state index in [9.17, 15) is 0 Å². The third-order valence-corrected chi connectivity index (χ3v) is 4.27. The highest BCUT2D eigenvalue weighted by molar-refractivity contribution is 9.10. The molecule has 0 radical (unpaired) electrons. The first-order valence-electron chi connectivity index (χ1n) is 6.00. The Morgan fingerprint density at radius 1 is 1.20 bits per heavy atom. The van der Waals surface area contributed by atoms with Gasteiger partial charge in [-0.15, -0.1) is 0 Å². The van der Waals surface area contributed by atoms with Crippen molar-refractivity contribution in [2.75, 3.05) is 7.11 Å². The third-order valence-electron chi connectivity index (χ3n) is 3.01. The molecule has 3 rings (SSSR count). The standard InChI is InChI=1S/C15H11Br2NO2/c1-19-13-5-3-10(7-11(13)17)15-18-12-6-9(8-16)2-4-14(12)20-15/h2-7H,8H2,1H3. The van der Waals surface area contributed by atoms with Crippen LogP contribution in [-0.2, 0) is 5.33 Å². The minimum atomic E-state index is 0.607. The highest BCUT2D eigenvalue weighted by Crippen LogP contribution is 2.31. The molecule has 20 heavy (non-hydrogen) atoms. The van der Waals surface area contributed by atoms with Crippen LogP contribution in [0.15, 0.2) is 45.3 Å². The Bertz CT molecular complexity index is 768. The maximum absolute atomic E-state index is 5.79. The van der Waals surface area contributed by atoms with E-state index in [1.165, 1.54) is 5.56 Å². The largest absolute Gasteiger partial charge is 0.496 e. The average Bonchev–Trinajstić information content (AvgIpc) is 2.89. The summed E-state index contributed by atoms with van der Waals surface area (Å²) in [5.74, 6) is 1.39. The first-order chi connectivity index (χ1) is 9.71. The minimum Gasteiger partial charge on any atom is -0.496 e. The van der Waals surface area contributed by atoms with E-state index in [1.807, 2.05) is 36.4 Å². The SMILES string of the molecule is COc1ccc(-c2nc3cc(CBr)ccc3o2)cc1Br. The van der Waals surface area contributed by atoms with E-state index in [0.717, 1.165) is 32.2 Å². The number of halogens is 2. The molecule has 1 aromatic heterocycles. The molecule has 0 saturated heterocycles. The smallest absolute Gasteiger partial charge is 0.227 e. The molecule has 0 bridgehead atoms. The Morgan fingerprint density at radius 3 is 2.75 bits per heavy atom. The number of hydrogen-bond acceptors (Lipinski definition) is 3. The van der Waals surface area contributed by atoms with Crippen LogP contribution in [0.5, 0.6) is 5.75 Å². The number of rotatable bonds is 3. The molecule has 0 saturated carbocycles. The van der Waals surface area contributed by atoms with E-state index in [0.29, 0.717) is 5.89 Å². The first-order valence-corrected chi connectivity index (χ1v) is 7.92. The summed E-state index contributed by atoms with van der Waals surface area (Å²) in [7, 11) is 1.64. The molecule has 0 amide bonds. The topological polar surface area (TPSA) is 35.3 Å². The van der Waals surface area contributed by atoms with Gasteiger partial charge in [-0.2, -0.15) is 0 Å². The van der Waals surface area contributed by atoms with Gasteiger partial charge in [0, 0.05) is 10.9 Å². The molecule has 0 fully saturated rings. The van der Waals surface area contributed by atoms with Crippen LogP contribution in [-0.4, -0.2) is 12.1 Å². The molecule has 0 aliphatic heterocycles. The number of benzene rings is 2. The number of fused-ring (bicyclic) bond motifs is 1. The molecule has 0 unspecified atom stereocenters. The molecule has 5 heteroatoms. The maximum Gasteiger partial charge on any atom is 0.227 e. The lowest BCUT2D eigenvalue weighted by molar-refractivity contribution is 0.412. The Kier molecular flexibility index (Phi) is 3.81. The molecule has 3 nitrogen and oxygen atoms in total. The number of oxazole rings is 1. The number of alkyl halides is 1. The number of hydrogen-bond donors (Lipinski definition) is 0. The van der Waals surface area contributed by atoms with E-state index in [-0.39, 0.29) is 0 Å². The summed E-state index contributed by atoms with van der Waals surface area (Å²) >= 11 is 6.91. The molecule has 0 aliphatic rings. The van der Waals surface area contributed by atoms with Crippen LogP contribution in [0.4, 0.5) is 0 Å². The van der Waals surface area contributed by atoms with E-state index in [2.05, 4.69) is 36.8 Å². The lowest BCUT2D eigenvalue weighted by Crippen LogP contribution is -1.85. The van der Waals surface area contributed by atoms with Gasteiger partial charge in [-0.25, -0.2) is 4.98 Å². The second-order valence-corrected chi connectivity index (χ2v) is 5.72. The zero-order valence-electron chi connectivity index (χ0n) is 10.7. The van der Waals surface area contributed by atoms with Gasteiger partial charge in [-0.3, -0.25) is 0 Å². The third kappa shape index (κ3) is 2.47. The predicted molar refractivity (Wildman–Crippen MR) is 86.3 cm³/mol. The van der Waals surface area contributed by atoms with Crippen LogP contribution in [0.1, 0.15) is 5.56 Å². The van der Waals surface area contributed by atoms with E-state index in [1.54, 1.807) is 7.11 Å². The van der Waals surface area contributed by atoms with Crippen molar-refractivity contribution >= 4 is 43.0 Å². The predicted octanol–water partition coefficient (Wildman–Crippen LogP) is 5.16. The summed E-state index contributed by atoms with van der Waals surface area (Å²) in [6.45, 7) is 0. The van der Waals surface area contributed by atoms with Gasteiger partial charge in [-0.05, 0) is 51.8 Å². The zero-order chi connectivity index (χ0) is 14.1. The molecule has 0 atom stereocenters. The summed E-state index contributed by atoms with van der Waals surface area (Å²) in [5.41, 5.74) is 3.74. The zero-order valence-corrected chi connectivity index (χ0v) is 13.9. The lowest BCUT2D eigenvalue weighted by atomic mass is 10.2. The monoisotopic (exact) mass is 395 g/mol. The highest BCUT2D eigenvalue weighted by atomic mass is 79.9. The van der Waals surface area contributed by atoms with Crippen molar-refractivity contribution in [1.29, 1.82) is 0 Å². The number of nitrogens with zero attached hydrogens (tertiary/aromatic N) is 1. The first kappa shape index (κ1) is 13.6. The summed E-state index contributed by atoms with van der Waals surface area (Å²) in [6, 6.07) is 11.7. The van der Waals surface area contributed by atoms with Gasteiger partial charge in [-0.1, -0.05) is 22.0 Å². The maximum atomic E-state index is 5.79. The van der Waals surface area contributed by atoms with Gasteiger partial charge >= 0.3 is 0 Å². The number of ether oxygens (including phenoxy) is 1. The summed E-state index contributed by atoms with van der Waals surface area (Å²) in [6.07, 6.45) is 0. The van der Waals surface area contributed by atoms with Gasteiger partial charge in [0.15, 0.2) is 5.58 Å². The van der Waals surface area contributed by atoms with Crippen molar-refractivity contribution in [3.63, 3.8) is 0 Å². The number of methoxy groups -OCH3 is 1. The lowest BCUT2D eigenvalue weighted by Gasteiger charge is -2.03. The molecule has 0 spiro atoms. The van der Waals surface area contributed by atoms with Crippen molar-refractivity contribution in [3.8, 4) is 17.2 Å². The molecule has 2 aromatic carbocycles. The summed E-state index contributed by atoms with van der Waals surface area (Å²) in [4.78, 5) is 4.54. The molecule has 0 N–H and O–H groups in total. The Morgan fingerprint density at radius 2 is 2.05 bits per heavy atom. The Hall–Kier alpha value is -1.33. The van der Waals surface area contributed by atoms with Crippen molar-refractivity contribution in [1.82, 2.24) is 4.98 Å². The van der Waals surface area contributed by atoms with Gasteiger partial charge in [0.05, 0.1) is 11.6 Å². The van der Waals surface area contributed by atoms with Crippen molar-refractivity contribution in [2.24, 2.45) is 0 Å². The van der Waals surface area contributed by atoms with E-state index in [4.69, 9.17) is 9.15 Å². The van der Waals surface area contributed by atoms with Crippen molar-refractivity contribution < 1.29 is 9.15 Å². The van der Waals surface area contributed by atoms with E-state index >= 15 is 0 Å². The summed E-state index contributed by atoms with van der Waals surface area (Å²) < 4.78 is 11.9. The molecular weight excluding hydrogens is 386 g/mol. The summed E-state index contributed by atoms with van der Waals surface area (Å²) in [5, 5.41) is 0.805. The van der Waals surface area contributed by atoms with E-state index < -0.39 is 0 Å². The minimum absolute atomic E-state index is 0.607. The van der Waals surface area contributed by atoms with Crippen LogP contribution < -0.4 is 4.74 Å². The highest BCUT2D eigenvalue weighted by Gasteiger charge is 2.10. The molecule has 0 aliphatic carbocycles. The molecule has 3 aromatic rings.